The summed E-state index contributed by atoms with van der Waals surface area (Å²) in [6, 6.07) is 0. The molecule has 0 saturated carbocycles. The van der Waals surface area contributed by atoms with Crippen LogP contribution in [0.5, 0.6) is 0 Å². The molecule has 1 atom stereocenters. The van der Waals surface area contributed by atoms with Crippen LogP contribution in [0.4, 0.5) is 0 Å². The van der Waals surface area contributed by atoms with Crippen LogP contribution in [0, 0.1) is 5.41 Å². The fraction of sp³-hybridized carbons (Fsp3) is 0.917. The fourth-order valence-corrected chi connectivity index (χ4v) is 3.95. The lowest BCUT2D eigenvalue weighted by Gasteiger charge is -2.29. The minimum absolute atomic E-state index is 0.0314. The van der Waals surface area contributed by atoms with Crippen LogP contribution in [-0.2, 0) is 19.6 Å². The molecule has 0 aliphatic carbocycles. The summed E-state index contributed by atoms with van der Waals surface area (Å²) in [5.41, 5.74) is -1.55. The molecule has 0 bridgehead atoms. The number of carbonyl (C=O) groups is 1. The maximum absolute atomic E-state index is 12.0. The van der Waals surface area contributed by atoms with Gasteiger partial charge in [-0.1, -0.05) is 34.1 Å². The third-order valence-electron chi connectivity index (χ3n) is 2.39. The Morgan fingerprint density at radius 2 is 1.72 bits per heavy atom. The molecule has 0 aliphatic heterocycles. The molecule has 5 nitrogen and oxygen atoms in total. The molecule has 0 rings (SSSR count). The van der Waals surface area contributed by atoms with E-state index in [9.17, 15) is 13.2 Å². The van der Waals surface area contributed by atoms with E-state index in [1.807, 2.05) is 27.7 Å². The van der Waals surface area contributed by atoms with Gasteiger partial charge < -0.3 is 4.74 Å². The average molecular weight is 279 g/mol. The maximum Gasteiger partial charge on any atom is 0.326 e. The SMILES string of the molecule is CCCC(C)(NS(=O)(=O)CC(C)(C)C)C(=O)OC. The zero-order chi connectivity index (χ0) is 14.6. The lowest BCUT2D eigenvalue weighted by molar-refractivity contribution is -0.147. The van der Waals surface area contributed by atoms with Gasteiger partial charge in [-0.25, -0.2) is 8.42 Å². The maximum atomic E-state index is 12.0. The van der Waals surface area contributed by atoms with Crippen molar-refractivity contribution < 1.29 is 17.9 Å². The summed E-state index contributed by atoms with van der Waals surface area (Å²) in [6.45, 7) is 8.95. The van der Waals surface area contributed by atoms with Crippen molar-refractivity contribution in [2.75, 3.05) is 12.9 Å². The molecule has 18 heavy (non-hydrogen) atoms. The monoisotopic (exact) mass is 279 g/mol. The molecule has 0 saturated heterocycles. The molecule has 0 fully saturated rings. The molecule has 0 radical (unpaired) electrons. The van der Waals surface area contributed by atoms with Gasteiger partial charge in [0.15, 0.2) is 0 Å². The van der Waals surface area contributed by atoms with E-state index in [-0.39, 0.29) is 11.2 Å². The highest BCUT2D eigenvalue weighted by molar-refractivity contribution is 7.89. The van der Waals surface area contributed by atoms with Crippen LogP contribution in [-0.4, -0.2) is 32.8 Å². The van der Waals surface area contributed by atoms with Gasteiger partial charge >= 0.3 is 5.97 Å². The van der Waals surface area contributed by atoms with Gasteiger partial charge in [-0.05, 0) is 18.8 Å². The van der Waals surface area contributed by atoms with Crippen LogP contribution in [0.2, 0.25) is 0 Å². The highest BCUT2D eigenvalue weighted by Gasteiger charge is 2.38. The molecule has 0 spiro atoms. The zero-order valence-electron chi connectivity index (χ0n) is 12.2. The van der Waals surface area contributed by atoms with Crippen LogP contribution in [0.3, 0.4) is 0 Å². The molecule has 0 aromatic carbocycles. The van der Waals surface area contributed by atoms with E-state index in [0.29, 0.717) is 12.8 Å². The van der Waals surface area contributed by atoms with E-state index in [2.05, 4.69) is 9.46 Å². The third-order valence-corrected chi connectivity index (χ3v) is 4.40. The predicted octanol–water partition coefficient (Wildman–Crippen LogP) is 1.68. The van der Waals surface area contributed by atoms with E-state index in [1.165, 1.54) is 7.11 Å². The van der Waals surface area contributed by atoms with Crippen molar-refractivity contribution in [2.24, 2.45) is 5.41 Å². The van der Waals surface area contributed by atoms with Crippen molar-refractivity contribution in [1.82, 2.24) is 4.72 Å². The molecule has 0 aromatic rings. The first-order valence-electron chi connectivity index (χ1n) is 6.06. The van der Waals surface area contributed by atoms with Gasteiger partial charge in [0.05, 0.1) is 12.9 Å². The number of rotatable bonds is 6. The Kier molecular flexibility index (Phi) is 5.81. The lowest BCUT2D eigenvalue weighted by Crippen LogP contribution is -2.54. The second kappa shape index (κ2) is 6.02. The van der Waals surface area contributed by atoms with Crippen molar-refractivity contribution in [3.8, 4) is 0 Å². The minimum atomic E-state index is -3.53. The molecule has 0 amide bonds. The first kappa shape index (κ1) is 17.4. The lowest BCUT2D eigenvalue weighted by atomic mass is 9.98. The Bertz CT molecular complexity index is 383. The summed E-state index contributed by atoms with van der Waals surface area (Å²) >= 11 is 0. The molecule has 108 valence electrons. The summed E-state index contributed by atoms with van der Waals surface area (Å²) < 4.78 is 31.2. The standard InChI is InChI=1S/C12H25NO4S/c1-7-8-12(5,10(14)17-6)13-18(15,16)9-11(2,3)4/h13H,7-9H2,1-6H3. The number of hydrogen-bond donors (Lipinski definition) is 1. The van der Waals surface area contributed by atoms with Gasteiger partial charge in [-0.3, -0.25) is 4.79 Å². The van der Waals surface area contributed by atoms with Crippen molar-refractivity contribution >= 4 is 16.0 Å². The molecule has 1 N–H and O–H groups in total. The van der Waals surface area contributed by atoms with Crippen molar-refractivity contribution in [2.45, 2.75) is 53.0 Å². The topological polar surface area (TPSA) is 72.5 Å². The van der Waals surface area contributed by atoms with Crippen LogP contribution in [0.1, 0.15) is 47.5 Å². The van der Waals surface area contributed by atoms with Crippen LogP contribution in [0.15, 0.2) is 0 Å². The van der Waals surface area contributed by atoms with E-state index in [0.717, 1.165) is 0 Å². The van der Waals surface area contributed by atoms with Gasteiger partial charge in [0, 0.05) is 0 Å². The molecular weight excluding hydrogens is 254 g/mol. The second-order valence-corrected chi connectivity index (χ2v) is 7.72. The second-order valence-electron chi connectivity index (χ2n) is 6.00. The molecule has 6 heteroatoms. The number of hydrogen-bond acceptors (Lipinski definition) is 4. The largest absolute Gasteiger partial charge is 0.468 e. The number of carbonyl (C=O) groups excluding carboxylic acids is 1. The summed E-state index contributed by atoms with van der Waals surface area (Å²) in [4.78, 5) is 11.7. The molecule has 0 aliphatic rings. The Balaban J connectivity index is 5.06. The van der Waals surface area contributed by atoms with Crippen molar-refractivity contribution in [3.05, 3.63) is 0 Å². The summed E-state index contributed by atoms with van der Waals surface area (Å²) in [7, 11) is -2.27. The molecule has 0 aromatic heterocycles. The van der Waals surface area contributed by atoms with Crippen molar-refractivity contribution in [3.63, 3.8) is 0 Å². The Morgan fingerprint density at radius 1 is 1.22 bits per heavy atom. The van der Waals surface area contributed by atoms with E-state index in [4.69, 9.17) is 0 Å². The quantitative estimate of drug-likeness (QED) is 0.751. The normalized spacial score (nSPS) is 16.1. The van der Waals surface area contributed by atoms with Crippen LogP contribution in [0.25, 0.3) is 0 Å². The van der Waals surface area contributed by atoms with E-state index >= 15 is 0 Å². The number of methoxy groups -OCH3 is 1. The summed E-state index contributed by atoms with van der Waals surface area (Å²) in [5.74, 6) is -0.585. The minimum Gasteiger partial charge on any atom is -0.468 e. The highest BCUT2D eigenvalue weighted by Crippen LogP contribution is 2.20. The summed E-state index contributed by atoms with van der Waals surface area (Å²) in [6.07, 6.45) is 1.09. The van der Waals surface area contributed by atoms with Gasteiger partial charge in [0.1, 0.15) is 5.54 Å². The van der Waals surface area contributed by atoms with E-state index in [1.54, 1.807) is 6.92 Å². The van der Waals surface area contributed by atoms with Gasteiger partial charge in [0.25, 0.3) is 0 Å². The number of ether oxygens (including phenoxy) is 1. The summed E-state index contributed by atoms with van der Waals surface area (Å²) in [5, 5.41) is 0. The third kappa shape index (κ3) is 5.82. The van der Waals surface area contributed by atoms with Gasteiger partial charge in [-0.2, -0.15) is 4.72 Å². The molecule has 0 heterocycles. The van der Waals surface area contributed by atoms with Crippen molar-refractivity contribution in [1.29, 1.82) is 0 Å². The Morgan fingerprint density at radius 3 is 2.06 bits per heavy atom. The zero-order valence-corrected chi connectivity index (χ0v) is 13.0. The van der Waals surface area contributed by atoms with Gasteiger partial charge in [0.2, 0.25) is 10.0 Å². The van der Waals surface area contributed by atoms with Crippen LogP contribution < -0.4 is 4.72 Å². The van der Waals surface area contributed by atoms with E-state index < -0.39 is 21.5 Å². The number of sulfonamides is 1. The number of nitrogens with one attached hydrogen (secondary N) is 1. The molecule has 1 unspecified atom stereocenters. The highest BCUT2D eigenvalue weighted by atomic mass is 32.2. The first-order chi connectivity index (χ1) is 7.96. The smallest absolute Gasteiger partial charge is 0.326 e. The predicted molar refractivity (Wildman–Crippen MR) is 71.7 cm³/mol. The number of esters is 1. The molecular formula is C12H25NO4S. The fourth-order valence-electron chi connectivity index (χ4n) is 1.87. The first-order valence-corrected chi connectivity index (χ1v) is 7.71. The van der Waals surface area contributed by atoms with Crippen LogP contribution >= 0.6 is 0 Å². The van der Waals surface area contributed by atoms with Gasteiger partial charge in [-0.15, -0.1) is 0 Å². The Labute approximate surface area is 110 Å². The Hall–Kier alpha value is -0.620. The average Bonchev–Trinajstić information content (AvgIpc) is 2.11.